The van der Waals surface area contributed by atoms with Crippen LogP contribution in [0.3, 0.4) is 0 Å². The van der Waals surface area contributed by atoms with Gasteiger partial charge in [-0.2, -0.15) is 0 Å². The smallest absolute Gasteiger partial charge is 0.321 e. The number of rotatable bonds is 18. The van der Waals surface area contributed by atoms with Gasteiger partial charge in [-0.05, 0) is 52.6 Å². The van der Waals surface area contributed by atoms with Crippen molar-refractivity contribution in [3.63, 3.8) is 0 Å². The van der Waals surface area contributed by atoms with Gasteiger partial charge in [0.05, 0.1) is 0 Å². The Labute approximate surface area is 262 Å². The van der Waals surface area contributed by atoms with Crippen LogP contribution in [0.15, 0.2) is 109 Å². The molecule has 0 saturated heterocycles. The minimum atomic E-state index is -0.964. The Morgan fingerprint density at radius 3 is 0.889 bits per heavy atom. The Bertz CT molecular complexity index is 1340. The Kier molecular flexibility index (Phi) is 12.4. The fraction of sp³-hybridized carbons (Fsp3) is 0.250. The first-order valence-corrected chi connectivity index (χ1v) is 14.9. The molecule has 0 saturated carbocycles. The van der Waals surface area contributed by atoms with E-state index < -0.39 is 36.0 Å². The molecule has 0 radical (unpaired) electrons. The highest BCUT2D eigenvalue weighted by molar-refractivity contribution is 5.74. The SMILES string of the molecule is O=C(O)C(Cc1ccccc1)NCc1cc(CNC(Cc2ccccc2)C(=O)O)cc(CNC(Cc2ccccc2)C(=O)O)c1. The van der Waals surface area contributed by atoms with E-state index in [4.69, 9.17) is 0 Å². The second kappa shape index (κ2) is 16.9. The van der Waals surface area contributed by atoms with Crippen LogP contribution in [-0.2, 0) is 53.3 Å². The predicted octanol–water partition coefficient (Wildman–Crippen LogP) is 4.04. The van der Waals surface area contributed by atoms with Gasteiger partial charge in [0.1, 0.15) is 18.1 Å². The molecule has 0 bridgehead atoms. The summed E-state index contributed by atoms with van der Waals surface area (Å²) in [6.07, 6.45) is 0.933. The van der Waals surface area contributed by atoms with E-state index in [1.54, 1.807) is 0 Å². The number of carbonyl (C=O) groups is 3. The third kappa shape index (κ3) is 11.0. The summed E-state index contributed by atoms with van der Waals surface area (Å²) in [5.41, 5.74) is 5.10. The topological polar surface area (TPSA) is 148 Å². The lowest BCUT2D eigenvalue weighted by Gasteiger charge is -2.19. The molecule has 0 spiro atoms. The molecular formula is C36H39N3O6. The predicted molar refractivity (Wildman–Crippen MR) is 172 cm³/mol. The van der Waals surface area contributed by atoms with Crippen LogP contribution in [0.25, 0.3) is 0 Å². The fourth-order valence-electron chi connectivity index (χ4n) is 5.16. The van der Waals surface area contributed by atoms with E-state index >= 15 is 0 Å². The normalized spacial score (nSPS) is 13.1. The number of carboxylic acids is 3. The molecule has 45 heavy (non-hydrogen) atoms. The monoisotopic (exact) mass is 609 g/mol. The van der Waals surface area contributed by atoms with Gasteiger partial charge < -0.3 is 31.3 Å². The van der Waals surface area contributed by atoms with Crippen LogP contribution < -0.4 is 16.0 Å². The minimum Gasteiger partial charge on any atom is -0.480 e. The van der Waals surface area contributed by atoms with Crippen LogP contribution in [0.4, 0.5) is 0 Å². The maximum Gasteiger partial charge on any atom is 0.321 e. The van der Waals surface area contributed by atoms with E-state index in [1.165, 1.54) is 0 Å². The number of carboxylic acid groups (broad SMARTS) is 3. The van der Waals surface area contributed by atoms with Crippen molar-refractivity contribution in [3.05, 3.63) is 143 Å². The van der Waals surface area contributed by atoms with Crippen LogP contribution in [0.2, 0.25) is 0 Å². The van der Waals surface area contributed by atoms with Crippen LogP contribution in [-0.4, -0.2) is 51.4 Å². The summed E-state index contributed by atoms with van der Waals surface area (Å²) >= 11 is 0. The largest absolute Gasteiger partial charge is 0.480 e. The second-order valence-electron chi connectivity index (χ2n) is 11.0. The lowest BCUT2D eigenvalue weighted by atomic mass is 10.0. The quantitative estimate of drug-likeness (QED) is 0.0983. The van der Waals surface area contributed by atoms with Crippen molar-refractivity contribution in [2.45, 2.75) is 57.0 Å². The van der Waals surface area contributed by atoms with Crippen LogP contribution in [0.5, 0.6) is 0 Å². The minimum absolute atomic E-state index is 0.253. The highest BCUT2D eigenvalue weighted by atomic mass is 16.4. The lowest BCUT2D eigenvalue weighted by molar-refractivity contribution is -0.140. The van der Waals surface area contributed by atoms with E-state index in [1.807, 2.05) is 109 Å². The number of benzene rings is 4. The average Bonchev–Trinajstić information content (AvgIpc) is 3.04. The van der Waals surface area contributed by atoms with Gasteiger partial charge in [0.15, 0.2) is 0 Å². The molecule has 0 aliphatic carbocycles. The van der Waals surface area contributed by atoms with Crippen LogP contribution >= 0.6 is 0 Å². The molecule has 3 unspecified atom stereocenters. The fourth-order valence-corrected chi connectivity index (χ4v) is 5.16. The number of hydrogen-bond acceptors (Lipinski definition) is 6. The zero-order valence-corrected chi connectivity index (χ0v) is 24.9. The number of nitrogens with one attached hydrogen (secondary N) is 3. The molecule has 0 fully saturated rings. The van der Waals surface area contributed by atoms with Crippen molar-refractivity contribution in [2.75, 3.05) is 0 Å². The molecule has 0 aliphatic heterocycles. The Balaban J connectivity index is 1.51. The number of hydrogen-bond donors (Lipinski definition) is 6. The summed E-state index contributed by atoms with van der Waals surface area (Å²) in [4.78, 5) is 36.1. The molecule has 9 heteroatoms. The van der Waals surface area contributed by atoms with Gasteiger partial charge in [0.25, 0.3) is 0 Å². The Morgan fingerprint density at radius 1 is 0.422 bits per heavy atom. The Hall–Kier alpha value is -4.83. The van der Waals surface area contributed by atoms with Gasteiger partial charge in [-0.25, -0.2) is 0 Å². The molecule has 0 aromatic heterocycles. The third-order valence-corrected chi connectivity index (χ3v) is 7.51. The molecule has 4 aromatic carbocycles. The van der Waals surface area contributed by atoms with Gasteiger partial charge in [0, 0.05) is 19.6 Å². The molecule has 0 heterocycles. The first-order chi connectivity index (χ1) is 21.8. The zero-order valence-electron chi connectivity index (χ0n) is 24.9. The molecule has 3 atom stereocenters. The molecule has 4 rings (SSSR count). The molecule has 0 aliphatic rings. The first-order valence-electron chi connectivity index (χ1n) is 14.9. The first kappa shape index (κ1) is 33.1. The summed E-state index contributed by atoms with van der Waals surface area (Å²) in [7, 11) is 0. The van der Waals surface area contributed by atoms with Crippen molar-refractivity contribution in [2.24, 2.45) is 0 Å². The average molecular weight is 610 g/mol. The van der Waals surface area contributed by atoms with E-state index in [9.17, 15) is 29.7 Å². The van der Waals surface area contributed by atoms with E-state index in [0.29, 0.717) is 19.3 Å². The van der Waals surface area contributed by atoms with Gasteiger partial charge in [-0.1, -0.05) is 109 Å². The van der Waals surface area contributed by atoms with Crippen molar-refractivity contribution < 1.29 is 29.7 Å². The molecular weight excluding hydrogens is 570 g/mol. The highest BCUT2D eigenvalue weighted by Gasteiger charge is 2.20. The second-order valence-corrected chi connectivity index (χ2v) is 11.0. The standard InChI is InChI=1S/C36H39N3O6/c40-34(41)31(19-25-10-4-1-5-11-25)37-22-28-16-29(23-38-32(35(42)43)20-26-12-6-2-7-13-26)18-30(17-28)24-39-33(36(44)45)21-27-14-8-3-9-15-27/h1-18,31-33,37-39H,19-24H2,(H,40,41)(H,42,43)(H,44,45). The zero-order chi connectivity index (χ0) is 32.0. The molecule has 6 N–H and O–H groups in total. The van der Waals surface area contributed by atoms with Crippen LogP contribution in [0.1, 0.15) is 33.4 Å². The third-order valence-electron chi connectivity index (χ3n) is 7.51. The summed E-state index contributed by atoms with van der Waals surface area (Å²) in [5.74, 6) is -2.89. The van der Waals surface area contributed by atoms with Crippen molar-refractivity contribution >= 4 is 17.9 Å². The molecule has 234 valence electrons. The van der Waals surface area contributed by atoms with Gasteiger partial charge in [-0.3, -0.25) is 14.4 Å². The molecule has 4 aromatic rings. The maximum atomic E-state index is 12.0. The van der Waals surface area contributed by atoms with Gasteiger partial charge in [-0.15, -0.1) is 0 Å². The summed E-state index contributed by atoms with van der Waals surface area (Å²) in [6, 6.07) is 31.4. The summed E-state index contributed by atoms with van der Waals surface area (Å²) in [6.45, 7) is 0.760. The summed E-state index contributed by atoms with van der Waals surface area (Å²) < 4.78 is 0. The molecule has 0 amide bonds. The van der Waals surface area contributed by atoms with E-state index in [0.717, 1.165) is 33.4 Å². The maximum absolute atomic E-state index is 12.0. The summed E-state index contributed by atoms with van der Waals surface area (Å²) in [5, 5.41) is 39.0. The lowest BCUT2D eigenvalue weighted by Crippen LogP contribution is -2.39. The highest BCUT2D eigenvalue weighted by Crippen LogP contribution is 2.14. The van der Waals surface area contributed by atoms with Crippen molar-refractivity contribution in [1.82, 2.24) is 16.0 Å². The molecule has 9 nitrogen and oxygen atoms in total. The number of aliphatic carboxylic acids is 3. The van der Waals surface area contributed by atoms with Gasteiger partial charge in [0.2, 0.25) is 0 Å². The van der Waals surface area contributed by atoms with Crippen molar-refractivity contribution in [1.29, 1.82) is 0 Å². The van der Waals surface area contributed by atoms with Crippen molar-refractivity contribution in [3.8, 4) is 0 Å². The van der Waals surface area contributed by atoms with Crippen LogP contribution in [0, 0.1) is 0 Å². The van der Waals surface area contributed by atoms with E-state index in [-0.39, 0.29) is 19.6 Å². The Morgan fingerprint density at radius 2 is 0.667 bits per heavy atom. The van der Waals surface area contributed by atoms with Gasteiger partial charge >= 0.3 is 17.9 Å². The van der Waals surface area contributed by atoms with E-state index in [2.05, 4.69) is 16.0 Å².